The van der Waals surface area contributed by atoms with Gasteiger partial charge in [0.05, 0.1) is 11.4 Å². The number of rotatable bonds is 6. The summed E-state index contributed by atoms with van der Waals surface area (Å²) in [7, 11) is 0. The first-order chi connectivity index (χ1) is 24.3. The van der Waals surface area contributed by atoms with Crippen molar-refractivity contribution in [2.45, 2.75) is 0 Å². The molecule has 1 heteroatoms. The van der Waals surface area contributed by atoms with Crippen molar-refractivity contribution in [2.75, 3.05) is 0 Å². The first kappa shape index (κ1) is 28.8. The number of hydrogen-bond acceptors (Lipinski definition) is 0. The molecule has 1 aromatic heterocycles. The van der Waals surface area contributed by atoms with Gasteiger partial charge in [-0.25, -0.2) is 0 Å². The van der Waals surface area contributed by atoms with Crippen LogP contribution in [0.1, 0.15) is 0 Å². The highest BCUT2D eigenvalue weighted by Crippen LogP contribution is 2.41. The summed E-state index contributed by atoms with van der Waals surface area (Å²) in [5, 5.41) is 4.98. The van der Waals surface area contributed by atoms with Crippen LogP contribution in [-0.4, -0.2) is 4.57 Å². The van der Waals surface area contributed by atoms with Crippen molar-refractivity contribution < 1.29 is 0 Å². The molecule has 0 atom stereocenters. The van der Waals surface area contributed by atoms with Gasteiger partial charge in [0.1, 0.15) is 0 Å². The molecule has 49 heavy (non-hydrogen) atoms. The number of aromatic nitrogens is 1. The highest BCUT2D eigenvalue weighted by Gasteiger charge is 2.16. The van der Waals surface area contributed by atoms with Crippen LogP contribution in [-0.2, 0) is 0 Å². The zero-order valence-electron chi connectivity index (χ0n) is 27.0. The van der Waals surface area contributed by atoms with Crippen molar-refractivity contribution in [3.8, 4) is 61.6 Å². The minimum atomic E-state index is 1.13. The highest BCUT2D eigenvalue weighted by molar-refractivity contribution is 6.14. The van der Waals surface area contributed by atoms with E-state index in [1.807, 2.05) is 0 Å². The number of fused-ring (bicyclic) bond motifs is 2. The summed E-state index contributed by atoms with van der Waals surface area (Å²) in [6.45, 7) is 0. The molecule has 0 bridgehead atoms. The topological polar surface area (TPSA) is 4.93 Å². The molecule has 8 aromatic carbocycles. The molecule has 0 radical (unpaired) electrons. The minimum absolute atomic E-state index is 1.13. The highest BCUT2D eigenvalue weighted by atomic mass is 15.0. The van der Waals surface area contributed by atoms with Gasteiger partial charge < -0.3 is 4.57 Å². The van der Waals surface area contributed by atoms with Crippen LogP contribution in [0.5, 0.6) is 0 Å². The van der Waals surface area contributed by atoms with Gasteiger partial charge in [0.15, 0.2) is 0 Å². The molecule has 0 aliphatic heterocycles. The fraction of sp³-hybridized carbons (Fsp3) is 0. The SMILES string of the molecule is c1ccc(-c2ccc3c(-c4ccc(-n5c(-c6ccccc6)ccc5-c5ccccc5)cc4)c4cc(-c5ccccc5)ccc4cc3c2)cc1. The smallest absolute Gasteiger partial charge is 0.0535 e. The second-order valence-electron chi connectivity index (χ2n) is 12.6. The molecule has 9 rings (SSSR count). The second kappa shape index (κ2) is 12.3. The quantitative estimate of drug-likeness (QED) is 0.162. The predicted molar refractivity (Wildman–Crippen MR) is 208 cm³/mol. The average molecular weight is 624 g/mol. The zero-order valence-corrected chi connectivity index (χ0v) is 27.0. The molecule has 0 unspecified atom stereocenters. The van der Waals surface area contributed by atoms with Gasteiger partial charge >= 0.3 is 0 Å². The van der Waals surface area contributed by atoms with Crippen LogP contribution in [0.2, 0.25) is 0 Å². The lowest BCUT2D eigenvalue weighted by Gasteiger charge is -2.17. The molecule has 0 fully saturated rings. The Kier molecular flexibility index (Phi) is 7.22. The molecule has 1 heterocycles. The van der Waals surface area contributed by atoms with E-state index in [2.05, 4.69) is 205 Å². The first-order valence-electron chi connectivity index (χ1n) is 16.8. The van der Waals surface area contributed by atoms with E-state index >= 15 is 0 Å². The molecule has 0 N–H and O–H groups in total. The largest absolute Gasteiger partial charge is 0.309 e. The van der Waals surface area contributed by atoms with E-state index in [1.165, 1.54) is 77.4 Å². The Hall–Kier alpha value is -6.44. The Morgan fingerprint density at radius 3 is 1.29 bits per heavy atom. The lowest BCUT2D eigenvalue weighted by atomic mass is 9.89. The summed E-state index contributed by atoms with van der Waals surface area (Å²) >= 11 is 0. The van der Waals surface area contributed by atoms with E-state index in [0.717, 1.165) is 5.69 Å². The van der Waals surface area contributed by atoms with E-state index < -0.39 is 0 Å². The molecular formula is C48H33N. The summed E-state index contributed by atoms with van der Waals surface area (Å²) < 4.78 is 2.38. The Morgan fingerprint density at radius 1 is 0.265 bits per heavy atom. The maximum atomic E-state index is 2.38. The van der Waals surface area contributed by atoms with Crippen LogP contribution in [0.4, 0.5) is 0 Å². The van der Waals surface area contributed by atoms with Crippen LogP contribution in [0, 0.1) is 0 Å². The van der Waals surface area contributed by atoms with Crippen LogP contribution >= 0.6 is 0 Å². The third kappa shape index (κ3) is 5.32. The maximum Gasteiger partial charge on any atom is 0.0535 e. The Labute approximate surface area is 287 Å². The standard InChI is InChI=1S/C48H33N/c1-5-13-34(14-6-1)39-25-28-44-42(31-39)32-41-22-21-40(35-15-7-2-8-16-35)33-45(41)48(44)38-23-26-43(27-24-38)49-46(36-17-9-3-10-18-36)29-30-47(49)37-19-11-4-12-20-37/h1-33H. The monoisotopic (exact) mass is 623 g/mol. The van der Waals surface area contributed by atoms with Crippen molar-refractivity contribution >= 4 is 21.5 Å². The minimum Gasteiger partial charge on any atom is -0.309 e. The fourth-order valence-corrected chi connectivity index (χ4v) is 7.21. The number of hydrogen-bond donors (Lipinski definition) is 0. The Bertz CT molecular complexity index is 2490. The van der Waals surface area contributed by atoms with Crippen LogP contribution < -0.4 is 0 Å². The molecule has 230 valence electrons. The molecule has 0 saturated carbocycles. The molecule has 9 aromatic rings. The lowest BCUT2D eigenvalue weighted by Crippen LogP contribution is -1.99. The summed E-state index contributed by atoms with van der Waals surface area (Å²) in [5.41, 5.74) is 13.2. The van der Waals surface area contributed by atoms with Crippen molar-refractivity contribution in [3.63, 3.8) is 0 Å². The molecular weight excluding hydrogens is 591 g/mol. The van der Waals surface area contributed by atoms with Crippen molar-refractivity contribution in [1.29, 1.82) is 0 Å². The van der Waals surface area contributed by atoms with Crippen molar-refractivity contribution in [3.05, 3.63) is 200 Å². The van der Waals surface area contributed by atoms with Gasteiger partial charge in [-0.1, -0.05) is 158 Å². The van der Waals surface area contributed by atoms with Crippen molar-refractivity contribution in [2.24, 2.45) is 0 Å². The van der Waals surface area contributed by atoms with Gasteiger partial charge in [-0.05, 0) is 109 Å². The van der Waals surface area contributed by atoms with E-state index in [0.29, 0.717) is 0 Å². The molecule has 0 spiro atoms. The summed E-state index contributed by atoms with van der Waals surface area (Å²) in [6.07, 6.45) is 0. The van der Waals surface area contributed by atoms with Gasteiger partial charge in [0.2, 0.25) is 0 Å². The fourth-order valence-electron chi connectivity index (χ4n) is 7.21. The van der Waals surface area contributed by atoms with Gasteiger partial charge in [-0.15, -0.1) is 0 Å². The normalized spacial score (nSPS) is 11.3. The predicted octanol–water partition coefficient (Wildman–Crippen LogP) is 13.1. The third-order valence-electron chi connectivity index (χ3n) is 9.60. The van der Waals surface area contributed by atoms with E-state index in [-0.39, 0.29) is 0 Å². The molecule has 0 amide bonds. The van der Waals surface area contributed by atoms with Gasteiger partial charge in [-0.3, -0.25) is 0 Å². The van der Waals surface area contributed by atoms with Crippen molar-refractivity contribution in [1.82, 2.24) is 4.57 Å². The zero-order chi connectivity index (χ0) is 32.6. The maximum absolute atomic E-state index is 2.38. The van der Waals surface area contributed by atoms with E-state index in [1.54, 1.807) is 0 Å². The third-order valence-corrected chi connectivity index (χ3v) is 9.60. The van der Waals surface area contributed by atoms with E-state index in [9.17, 15) is 0 Å². The van der Waals surface area contributed by atoms with Crippen LogP contribution in [0.15, 0.2) is 200 Å². The second-order valence-corrected chi connectivity index (χ2v) is 12.6. The molecule has 0 aliphatic carbocycles. The molecule has 0 saturated heterocycles. The first-order valence-corrected chi connectivity index (χ1v) is 16.8. The summed E-state index contributed by atoms with van der Waals surface area (Å²) in [4.78, 5) is 0. The summed E-state index contributed by atoms with van der Waals surface area (Å²) in [5.74, 6) is 0. The van der Waals surface area contributed by atoms with Crippen LogP contribution in [0.3, 0.4) is 0 Å². The number of benzene rings is 8. The van der Waals surface area contributed by atoms with Gasteiger partial charge in [0.25, 0.3) is 0 Å². The summed E-state index contributed by atoms with van der Waals surface area (Å²) in [6, 6.07) is 72.4. The Balaban J connectivity index is 1.24. The lowest BCUT2D eigenvalue weighted by molar-refractivity contribution is 1.10. The average Bonchev–Trinajstić information content (AvgIpc) is 3.63. The van der Waals surface area contributed by atoms with Crippen LogP contribution in [0.25, 0.3) is 83.1 Å². The molecule has 0 aliphatic rings. The van der Waals surface area contributed by atoms with Gasteiger partial charge in [0, 0.05) is 5.69 Å². The number of nitrogens with zero attached hydrogens (tertiary/aromatic N) is 1. The van der Waals surface area contributed by atoms with E-state index in [4.69, 9.17) is 0 Å². The Morgan fingerprint density at radius 2 is 0.735 bits per heavy atom. The van der Waals surface area contributed by atoms with Gasteiger partial charge in [-0.2, -0.15) is 0 Å². The molecule has 1 nitrogen and oxygen atoms in total.